The van der Waals surface area contributed by atoms with Crippen molar-refractivity contribution in [2.45, 2.75) is 33.2 Å². The number of hydrogen-bond donors (Lipinski definition) is 0. The summed E-state index contributed by atoms with van der Waals surface area (Å²) >= 11 is 0. The smallest absolute Gasteiger partial charge is 0.325 e. The number of carbonyl (C=O) groups excluding carboxylic acids is 2. The van der Waals surface area contributed by atoms with Gasteiger partial charge in [-0.1, -0.05) is 30.3 Å². The van der Waals surface area contributed by atoms with Crippen molar-refractivity contribution < 1.29 is 23.5 Å². The molecule has 0 saturated heterocycles. The van der Waals surface area contributed by atoms with Crippen LogP contribution in [0.2, 0.25) is 0 Å². The molecule has 0 radical (unpaired) electrons. The Kier molecular flexibility index (Phi) is 7.65. The van der Waals surface area contributed by atoms with Gasteiger partial charge in [0.25, 0.3) is 0 Å². The largest absolute Gasteiger partial charge is 0.493 e. The van der Waals surface area contributed by atoms with Crippen molar-refractivity contribution in [2.24, 2.45) is 0 Å². The molecule has 0 fully saturated rings. The molecule has 32 heavy (non-hydrogen) atoms. The highest BCUT2D eigenvalue weighted by molar-refractivity contribution is 5.80. The number of rotatable bonds is 9. The Hall–Kier alpha value is -3.61. The molecule has 1 aromatic heterocycles. The topological polar surface area (TPSA) is 81.9 Å². The zero-order chi connectivity index (χ0) is 23.1. The van der Waals surface area contributed by atoms with E-state index in [1.165, 1.54) is 18.9 Å². The lowest BCUT2D eigenvalue weighted by atomic mass is 10.1. The molecule has 0 aliphatic rings. The van der Waals surface area contributed by atoms with Crippen molar-refractivity contribution in [1.82, 2.24) is 9.88 Å². The van der Waals surface area contributed by atoms with E-state index in [2.05, 4.69) is 9.72 Å². The van der Waals surface area contributed by atoms with Crippen molar-refractivity contribution in [3.63, 3.8) is 0 Å². The highest BCUT2D eigenvalue weighted by Crippen LogP contribution is 2.24. The number of esters is 1. The molecule has 1 heterocycles. The van der Waals surface area contributed by atoms with Gasteiger partial charge in [-0.2, -0.15) is 0 Å². The number of benzene rings is 2. The van der Waals surface area contributed by atoms with E-state index in [1.54, 1.807) is 0 Å². The fourth-order valence-electron chi connectivity index (χ4n) is 3.38. The van der Waals surface area contributed by atoms with Crippen LogP contribution < -0.4 is 4.74 Å². The summed E-state index contributed by atoms with van der Waals surface area (Å²) in [5.74, 6) is 1.46. The van der Waals surface area contributed by atoms with Gasteiger partial charge in [0.15, 0.2) is 0 Å². The van der Waals surface area contributed by atoms with Gasteiger partial charge in [0.2, 0.25) is 11.8 Å². The van der Waals surface area contributed by atoms with Crippen LogP contribution in [0, 0.1) is 6.92 Å². The number of methoxy groups -OCH3 is 1. The predicted molar refractivity (Wildman–Crippen MR) is 120 cm³/mol. The summed E-state index contributed by atoms with van der Waals surface area (Å²) in [5.41, 5.74) is 2.71. The van der Waals surface area contributed by atoms with Crippen molar-refractivity contribution >= 4 is 11.9 Å². The number of oxazole rings is 1. The second kappa shape index (κ2) is 10.6. The molecule has 0 spiro atoms. The van der Waals surface area contributed by atoms with Gasteiger partial charge >= 0.3 is 5.97 Å². The summed E-state index contributed by atoms with van der Waals surface area (Å²) in [6.45, 7) is 5.58. The Balaban J connectivity index is 1.58. The molecule has 7 nitrogen and oxygen atoms in total. The molecular weight excluding hydrogens is 408 g/mol. The number of hydrogen-bond acceptors (Lipinski definition) is 6. The first-order valence-corrected chi connectivity index (χ1v) is 10.5. The molecule has 0 bridgehead atoms. The summed E-state index contributed by atoms with van der Waals surface area (Å²) < 4.78 is 16.3. The van der Waals surface area contributed by atoms with Gasteiger partial charge in [0.1, 0.15) is 18.1 Å². The monoisotopic (exact) mass is 436 g/mol. The molecule has 0 aliphatic carbocycles. The highest BCUT2D eigenvalue weighted by Gasteiger charge is 2.21. The molecule has 0 saturated carbocycles. The summed E-state index contributed by atoms with van der Waals surface area (Å²) in [6, 6.07) is 17.0. The minimum Gasteiger partial charge on any atom is -0.493 e. The van der Waals surface area contributed by atoms with Crippen LogP contribution in [-0.4, -0.2) is 42.0 Å². The summed E-state index contributed by atoms with van der Waals surface area (Å²) in [7, 11) is 1.31. The van der Waals surface area contributed by atoms with Crippen LogP contribution in [0.3, 0.4) is 0 Å². The third-order valence-electron chi connectivity index (χ3n) is 5.28. The third kappa shape index (κ3) is 5.75. The summed E-state index contributed by atoms with van der Waals surface area (Å²) in [5, 5.41) is 0. The second-order valence-electron chi connectivity index (χ2n) is 7.45. The maximum Gasteiger partial charge on any atom is 0.325 e. The fourth-order valence-corrected chi connectivity index (χ4v) is 3.38. The summed E-state index contributed by atoms with van der Waals surface area (Å²) in [4.78, 5) is 29.6. The number of carbonyl (C=O) groups is 2. The van der Waals surface area contributed by atoms with Gasteiger partial charge in [-0.15, -0.1) is 0 Å². The lowest BCUT2D eigenvalue weighted by Gasteiger charge is -2.27. The van der Waals surface area contributed by atoms with Gasteiger partial charge in [-0.25, -0.2) is 4.98 Å². The molecule has 7 heteroatoms. The van der Waals surface area contributed by atoms with Crippen molar-refractivity contribution in [3.05, 3.63) is 71.6 Å². The third-order valence-corrected chi connectivity index (χ3v) is 5.28. The van der Waals surface area contributed by atoms with Crippen LogP contribution in [0.25, 0.3) is 11.5 Å². The van der Waals surface area contributed by atoms with Crippen LogP contribution in [-0.2, 0) is 20.7 Å². The van der Waals surface area contributed by atoms with E-state index in [0.717, 1.165) is 22.6 Å². The number of nitrogens with zero attached hydrogens (tertiary/aromatic N) is 2. The lowest BCUT2D eigenvalue weighted by molar-refractivity contribution is -0.147. The number of aryl methyl sites for hydroxylation is 1. The van der Waals surface area contributed by atoms with Crippen LogP contribution in [0.1, 0.15) is 36.9 Å². The van der Waals surface area contributed by atoms with Gasteiger partial charge in [-0.05, 0) is 43.7 Å². The molecule has 2 aromatic carbocycles. The Bertz CT molecular complexity index is 1040. The molecule has 168 valence electrons. The maximum absolute atomic E-state index is 12.0. The molecule has 3 rings (SSSR count). The van der Waals surface area contributed by atoms with Crippen LogP contribution in [0.15, 0.2) is 59.0 Å². The maximum atomic E-state index is 12.0. The van der Waals surface area contributed by atoms with E-state index in [1.807, 2.05) is 68.4 Å². The quantitative estimate of drug-likeness (QED) is 0.464. The first-order chi connectivity index (χ1) is 15.4. The minimum absolute atomic E-state index is 0.0900. The Morgan fingerprint density at radius 3 is 2.41 bits per heavy atom. The van der Waals surface area contributed by atoms with Crippen LogP contribution >= 0.6 is 0 Å². The first kappa shape index (κ1) is 23.1. The minimum atomic E-state index is -0.453. The van der Waals surface area contributed by atoms with Gasteiger partial charge in [0.05, 0.1) is 25.5 Å². The Morgan fingerprint density at radius 2 is 1.78 bits per heavy atom. The van der Waals surface area contributed by atoms with E-state index < -0.39 is 5.97 Å². The number of ether oxygens (including phenoxy) is 2. The van der Waals surface area contributed by atoms with Crippen molar-refractivity contribution in [3.8, 4) is 17.2 Å². The van der Waals surface area contributed by atoms with Crippen molar-refractivity contribution in [2.75, 3.05) is 20.3 Å². The average Bonchev–Trinajstić information content (AvgIpc) is 3.18. The Labute approximate surface area is 188 Å². The number of aromatic nitrogens is 1. The van der Waals surface area contributed by atoms with E-state index in [0.29, 0.717) is 24.7 Å². The zero-order valence-corrected chi connectivity index (χ0v) is 18.8. The lowest BCUT2D eigenvalue weighted by Crippen LogP contribution is -2.36. The standard InChI is InChI=1S/C25H28N2O5/c1-17(27(19(3)28)16-24(29)30-4)20-10-12-22(13-11-20)31-15-14-23-18(2)32-25(26-23)21-8-6-5-7-9-21/h5-13,17H,14-16H2,1-4H3. The normalized spacial score (nSPS) is 11.6. The molecule has 1 unspecified atom stereocenters. The van der Waals surface area contributed by atoms with Gasteiger partial charge in [-0.3, -0.25) is 9.59 Å². The second-order valence-corrected chi connectivity index (χ2v) is 7.45. The molecule has 1 amide bonds. The Morgan fingerprint density at radius 1 is 1.09 bits per heavy atom. The van der Waals surface area contributed by atoms with Crippen LogP contribution in [0.4, 0.5) is 0 Å². The predicted octanol–water partition coefficient (Wildman–Crippen LogP) is 4.35. The van der Waals surface area contributed by atoms with Gasteiger partial charge < -0.3 is 18.8 Å². The molecular formula is C25H28N2O5. The van der Waals surface area contributed by atoms with E-state index in [-0.39, 0.29) is 18.5 Å². The molecule has 3 aromatic rings. The van der Waals surface area contributed by atoms with E-state index >= 15 is 0 Å². The molecule has 0 N–H and O–H groups in total. The molecule has 0 aliphatic heterocycles. The van der Waals surface area contributed by atoms with Gasteiger partial charge in [0, 0.05) is 18.9 Å². The average molecular weight is 437 g/mol. The molecule has 1 atom stereocenters. The first-order valence-electron chi connectivity index (χ1n) is 10.5. The number of amides is 1. The van der Waals surface area contributed by atoms with Crippen LogP contribution in [0.5, 0.6) is 5.75 Å². The van der Waals surface area contributed by atoms with Crippen molar-refractivity contribution in [1.29, 1.82) is 0 Å². The highest BCUT2D eigenvalue weighted by atomic mass is 16.5. The SMILES string of the molecule is COC(=O)CN(C(C)=O)C(C)c1ccc(OCCc2nc(-c3ccccc3)oc2C)cc1. The zero-order valence-electron chi connectivity index (χ0n) is 18.8. The fraction of sp³-hybridized carbons (Fsp3) is 0.320. The van der Waals surface area contributed by atoms with E-state index in [4.69, 9.17) is 9.15 Å². The summed E-state index contributed by atoms with van der Waals surface area (Å²) in [6.07, 6.45) is 0.623. The van der Waals surface area contributed by atoms with E-state index in [9.17, 15) is 9.59 Å².